The zero-order valence-corrected chi connectivity index (χ0v) is 12.3. The molecule has 0 fully saturated rings. The van der Waals surface area contributed by atoms with Gasteiger partial charge in [-0.05, 0) is 24.9 Å². The SMILES string of the molecule is CCCNc1cn2ccnc2c(NCCCSC)n1. The second-order valence-electron chi connectivity index (χ2n) is 4.33. The molecule has 0 amide bonds. The molecule has 0 radical (unpaired) electrons. The number of hydrogen-bond donors (Lipinski definition) is 2. The van der Waals surface area contributed by atoms with Crippen LogP contribution in [0.2, 0.25) is 0 Å². The van der Waals surface area contributed by atoms with E-state index in [9.17, 15) is 0 Å². The van der Waals surface area contributed by atoms with Crippen molar-refractivity contribution in [3.05, 3.63) is 18.6 Å². The Balaban J connectivity index is 2.12. The molecule has 0 spiro atoms. The van der Waals surface area contributed by atoms with Crippen molar-refractivity contribution in [1.82, 2.24) is 14.4 Å². The van der Waals surface area contributed by atoms with Crippen LogP contribution in [0.1, 0.15) is 19.8 Å². The van der Waals surface area contributed by atoms with Gasteiger partial charge in [-0.25, -0.2) is 9.97 Å². The van der Waals surface area contributed by atoms with E-state index in [1.165, 1.54) is 0 Å². The van der Waals surface area contributed by atoms with Crippen LogP contribution in [0.25, 0.3) is 5.65 Å². The number of aromatic nitrogens is 3. The molecule has 0 bridgehead atoms. The van der Waals surface area contributed by atoms with Gasteiger partial charge in [0.15, 0.2) is 11.5 Å². The first kappa shape index (κ1) is 14.0. The van der Waals surface area contributed by atoms with Crippen LogP contribution in [0.3, 0.4) is 0 Å². The Kier molecular flexibility index (Phi) is 5.32. The normalized spacial score (nSPS) is 10.8. The van der Waals surface area contributed by atoms with Gasteiger partial charge in [-0.3, -0.25) is 0 Å². The molecule has 0 aliphatic rings. The van der Waals surface area contributed by atoms with Crippen molar-refractivity contribution in [2.45, 2.75) is 19.8 Å². The van der Waals surface area contributed by atoms with Crippen molar-refractivity contribution >= 4 is 29.0 Å². The van der Waals surface area contributed by atoms with Crippen molar-refractivity contribution < 1.29 is 0 Å². The van der Waals surface area contributed by atoms with E-state index in [1.54, 1.807) is 6.20 Å². The molecular formula is C13H21N5S. The van der Waals surface area contributed by atoms with Crippen LogP contribution in [0.15, 0.2) is 18.6 Å². The molecule has 0 saturated heterocycles. The lowest BCUT2D eigenvalue weighted by atomic mass is 10.4. The lowest BCUT2D eigenvalue weighted by Gasteiger charge is -2.10. The van der Waals surface area contributed by atoms with Gasteiger partial charge in [0, 0.05) is 25.5 Å². The van der Waals surface area contributed by atoms with E-state index in [4.69, 9.17) is 0 Å². The minimum absolute atomic E-state index is 0.854. The number of fused-ring (bicyclic) bond motifs is 1. The molecule has 2 rings (SSSR count). The van der Waals surface area contributed by atoms with Crippen LogP contribution in [0.5, 0.6) is 0 Å². The highest BCUT2D eigenvalue weighted by Crippen LogP contribution is 2.16. The monoisotopic (exact) mass is 279 g/mol. The van der Waals surface area contributed by atoms with Crippen molar-refractivity contribution in [3.63, 3.8) is 0 Å². The van der Waals surface area contributed by atoms with Crippen molar-refractivity contribution in [2.24, 2.45) is 0 Å². The molecule has 0 aromatic carbocycles. The van der Waals surface area contributed by atoms with Gasteiger partial charge in [0.1, 0.15) is 5.82 Å². The Morgan fingerprint density at radius 2 is 2.21 bits per heavy atom. The topological polar surface area (TPSA) is 54.2 Å². The molecule has 0 unspecified atom stereocenters. The van der Waals surface area contributed by atoms with E-state index in [2.05, 4.69) is 33.8 Å². The predicted molar refractivity (Wildman–Crippen MR) is 83.3 cm³/mol. The van der Waals surface area contributed by atoms with Gasteiger partial charge in [-0.1, -0.05) is 6.92 Å². The molecule has 0 atom stereocenters. The molecule has 0 aliphatic carbocycles. The molecular weight excluding hydrogens is 258 g/mol. The zero-order chi connectivity index (χ0) is 13.5. The van der Waals surface area contributed by atoms with Gasteiger partial charge in [-0.15, -0.1) is 0 Å². The molecule has 2 aromatic heterocycles. The summed E-state index contributed by atoms with van der Waals surface area (Å²) >= 11 is 1.86. The molecule has 0 saturated carbocycles. The minimum Gasteiger partial charge on any atom is -0.369 e. The Hall–Kier alpha value is -1.43. The quantitative estimate of drug-likeness (QED) is 0.728. The van der Waals surface area contributed by atoms with Gasteiger partial charge >= 0.3 is 0 Å². The van der Waals surface area contributed by atoms with Crippen LogP contribution in [0, 0.1) is 0 Å². The highest BCUT2D eigenvalue weighted by Gasteiger charge is 2.06. The summed E-state index contributed by atoms with van der Waals surface area (Å²) in [6.45, 7) is 4.00. The number of hydrogen-bond acceptors (Lipinski definition) is 5. The summed E-state index contributed by atoms with van der Waals surface area (Å²) in [5.41, 5.74) is 0.881. The summed E-state index contributed by atoms with van der Waals surface area (Å²) in [5, 5.41) is 6.69. The van der Waals surface area contributed by atoms with E-state index in [0.29, 0.717) is 0 Å². The first-order chi connectivity index (χ1) is 9.35. The first-order valence-corrected chi connectivity index (χ1v) is 8.05. The molecule has 19 heavy (non-hydrogen) atoms. The number of rotatable bonds is 8. The number of thioether (sulfide) groups is 1. The first-order valence-electron chi connectivity index (χ1n) is 6.65. The van der Waals surface area contributed by atoms with E-state index in [1.807, 2.05) is 28.6 Å². The third-order valence-corrected chi connectivity index (χ3v) is 3.44. The van der Waals surface area contributed by atoms with Gasteiger partial charge in [0.2, 0.25) is 0 Å². The van der Waals surface area contributed by atoms with Crippen LogP contribution in [-0.4, -0.2) is 39.5 Å². The smallest absolute Gasteiger partial charge is 0.180 e. The molecule has 2 aromatic rings. The van der Waals surface area contributed by atoms with Crippen molar-refractivity contribution in [1.29, 1.82) is 0 Å². The maximum Gasteiger partial charge on any atom is 0.180 e. The van der Waals surface area contributed by atoms with E-state index < -0.39 is 0 Å². The Labute approximate surface area is 118 Å². The highest BCUT2D eigenvalue weighted by atomic mass is 32.2. The summed E-state index contributed by atoms with van der Waals surface area (Å²) < 4.78 is 2.00. The Bertz CT molecular complexity index is 511. The Morgan fingerprint density at radius 3 is 3.00 bits per heavy atom. The highest BCUT2D eigenvalue weighted by molar-refractivity contribution is 7.98. The van der Waals surface area contributed by atoms with Crippen LogP contribution < -0.4 is 10.6 Å². The molecule has 6 heteroatoms. The largest absolute Gasteiger partial charge is 0.369 e. The van der Waals surface area contributed by atoms with Crippen molar-refractivity contribution in [3.8, 4) is 0 Å². The number of anilines is 2. The fourth-order valence-electron chi connectivity index (χ4n) is 1.81. The second-order valence-corrected chi connectivity index (χ2v) is 5.32. The van der Waals surface area contributed by atoms with Crippen LogP contribution >= 0.6 is 11.8 Å². The predicted octanol–water partition coefficient (Wildman–Crippen LogP) is 2.72. The maximum atomic E-state index is 4.60. The van der Waals surface area contributed by atoms with E-state index >= 15 is 0 Å². The zero-order valence-electron chi connectivity index (χ0n) is 11.5. The summed E-state index contributed by atoms with van der Waals surface area (Å²) in [6, 6.07) is 0. The molecule has 5 nitrogen and oxygen atoms in total. The van der Waals surface area contributed by atoms with Crippen LogP contribution in [0.4, 0.5) is 11.6 Å². The third kappa shape index (κ3) is 3.76. The summed E-state index contributed by atoms with van der Waals surface area (Å²) in [7, 11) is 0. The lowest BCUT2D eigenvalue weighted by molar-refractivity contribution is 0.951. The average molecular weight is 279 g/mol. The maximum absolute atomic E-state index is 4.60. The summed E-state index contributed by atoms with van der Waals surface area (Å²) in [6.07, 6.45) is 10.1. The fourth-order valence-corrected chi connectivity index (χ4v) is 2.24. The molecule has 2 N–H and O–H groups in total. The average Bonchev–Trinajstić information content (AvgIpc) is 2.89. The molecule has 0 aliphatic heterocycles. The standard InChI is InChI=1S/C13H21N5S/c1-3-5-14-11-10-18-8-7-16-13(18)12(17-11)15-6-4-9-19-2/h7-8,10,14H,3-6,9H2,1-2H3,(H,15,17). The van der Waals surface area contributed by atoms with Gasteiger partial charge in [-0.2, -0.15) is 11.8 Å². The Morgan fingerprint density at radius 1 is 1.32 bits per heavy atom. The lowest BCUT2D eigenvalue weighted by Crippen LogP contribution is -2.09. The summed E-state index contributed by atoms with van der Waals surface area (Å²) in [5.74, 6) is 2.90. The van der Waals surface area contributed by atoms with Gasteiger partial charge in [0.05, 0.1) is 6.20 Å². The number of nitrogens with one attached hydrogen (secondary N) is 2. The third-order valence-electron chi connectivity index (χ3n) is 2.75. The minimum atomic E-state index is 0.854. The summed E-state index contributed by atoms with van der Waals surface area (Å²) in [4.78, 5) is 8.94. The fraction of sp³-hybridized carbons (Fsp3) is 0.538. The second kappa shape index (κ2) is 7.23. The van der Waals surface area contributed by atoms with E-state index in [0.717, 1.165) is 49.0 Å². The molecule has 2 heterocycles. The van der Waals surface area contributed by atoms with E-state index in [-0.39, 0.29) is 0 Å². The van der Waals surface area contributed by atoms with Crippen LogP contribution in [-0.2, 0) is 0 Å². The van der Waals surface area contributed by atoms with Crippen molar-refractivity contribution in [2.75, 3.05) is 35.7 Å². The molecule has 104 valence electrons. The van der Waals surface area contributed by atoms with Gasteiger partial charge < -0.3 is 15.0 Å². The number of imidazole rings is 1. The number of nitrogens with zero attached hydrogens (tertiary/aromatic N) is 3. The van der Waals surface area contributed by atoms with Gasteiger partial charge in [0.25, 0.3) is 0 Å².